The Morgan fingerprint density at radius 2 is 1.96 bits per heavy atom. The highest BCUT2D eigenvalue weighted by molar-refractivity contribution is 5.98. The molecule has 0 spiro atoms. The van der Waals surface area contributed by atoms with E-state index in [4.69, 9.17) is 0 Å². The fraction of sp³-hybridized carbons (Fsp3) is 0.500. The van der Waals surface area contributed by atoms with E-state index in [2.05, 4.69) is 21.7 Å². The van der Waals surface area contributed by atoms with Crippen molar-refractivity contribution in [2.24, 2.45) is 0 Å². The first kappa shape index (κ1) is 14.7. The summed E-state index contributed by atoms with van der Waals surface area (Å²) < 4.78 is 0. The standard InChI is InChI=1S/C18H24N4O/c1-2-20-7-9-21(10-8-20)16-12-22(13-16)18(23)15-3-4-17-14(11-15)5-6-19-17/h3-6,11,16,19H,2,7-10,12-13H2,1H3. The predicted octanol–water partition coefficient (Wildman–Crippen LogP) is 1.63. The van der Waals surface area contributed by atoms with Gasteiger partial charge in [-0.2, -0.15) is 0 Å². The number of amides is 1. The molecule has 0 aliphatic carbocycles. The fourth-order valence-corrected chi connectivity index (χ4v) is 3.67. The van der Waals surface area contributed by atoms with Crippen LogP contribution >= 0.6 is 0 Å². The largest absolute Gasteiger partial charge is 0.361 e. The fourth-order valence-electron chi connectivity index (χ4n) is 3.67. The number of carbonyl (C=O) groups is 1. The van der Waals surface area contributed by atoms with Crippen LogP contribution < -0.4 is 0 Å². The molecule has 4 rings (SSSR count). The van der Waals surface area contributed by atoms with Crippen LogP contribution in [0.1, 0.15) is 17.3 Å². The molecule has 5 nitrogen and oxygen atoms in total. The highest BCUT2D eigenvalue weighted by atomic mass is 16.2. The SMILES string of the molecule is CCN1CCN(C2CN(C(=O)c3ccc4[nH]ccc4c3)C2)CC1. The Balaban J connectivity index is 1.35. The quantitative estimate of drug-likeness (QED) is 0.937. The van der Waals surface area contributed by atoms with E-state index in [-0.39, 0.29) is 5.91 Å². The van der Waals surface area contributed by atoms with E-state index in [0.29, 0.717) is 6.04 Å². The Labute approximate surface area is 136 Å². The van der Waals surface area contributed by atoms with Gasteiger partial charge >= 0.3 is 0 Å². The van der Waals surface area contributed by atoms with E-state index in [1.807, 2.05) is 35.4 Å². The van der Waals surface area contributed by atoms with E-state index < -0.39 is 0 Å². The number of aromatic nitrogens is 1. The minimum absolute atomic E-state index is 0.163. The highest BCUT2D eigenvalue weighted by Gasteiger charge is 2.36. The van der Waals surface area contributed by atoms with Crippen LogP contribution in [-0.4, -0.2) is 77.4 Å². The molecule has 2 aliphatic rings. The molecular formula is C18H24N4O. The molecule has 0 unspecified atom stereocenters. The number of likely N-dealkylation sites (N-methyl/N-ethyl adjacent to an activating group) is 1. The minimum atomic E-state index is 0.163. The van der Waals surface area contributed by atoms with Crippen LogP contribution in [0, 0.1) is 0 Å². The highest BCUT2D eigenvalue weighted by Crippen LogP contribution is 2.21. The number of hydrogen-bond donors (Lipinski definition) is 1. The van der Waals surface area contributed by atoms with E-state index in [9.17, 15) is 4.79 Å². The number of likely N-dealkylation sites (tertiary alicyclic amines) is 1. The van der Waals surface area contributed by atoms with Crippen molar-refractivity contribution >= 4 is 16.8 Å². The summed E-state index contributed by atoms with van der Waals surface area (Å²) in [7, 11) is 0. The van der Waals surface area contributed by atoms with Crippen molar-refractivity contribution in [2.75, 3.05) is 45.8 Å². The summed E-state index contributed by atoms with van der Waals surface area (Å²) in [6, 6.07) is 8.46. The number of nitrogens with zero attached hydrogens (tertiary/aromatic N) is 3. The number of piperazine rings is 1. The van der Waals surface area contributed by atoms with Crippen LogP contribution in [-0.2, 0) is 0 Å². The molecule has 0 radical (unpaired) electrons. The van der Waals surface area contributed by atoms with E-state index in [1.54, 1.807) is 0 Å². The van der Waals surface area contributed by atoms with Crippen molar-refractivity contribution in [3.8, 4) is 0 Å². The van der Waals surface area contributed by atoms with Crippen molar-refractivity contribution in [3.63, 3.8) is 0 Å². The number of rotatable bonds is 3. The van der Waals surface area contributed by atoms with Gasteiger partial charge in [0.2, 0.25) is 0 Å². The molecule has 122 valence electrons. The molecule has 2 aromatic rings. The zero-order valence-electron chi connectivity index (χ0n) is 13.7. The molecule has 23 heavy (non-hydrogen) atoms. The summed E-state index contributed by atoms with van der Waals surface area (Å²) >= 11 is 0. The van der Waals surface area contributed by atoms with Crippen LogP contribution in [0.5, 0.6) is 0 Å². The number of hydrogen-bond acceptors (Lipinski definition) is 3. The molecular weight excluding hydrogens is 288 g/mol. The molecule has 2 aliphatic heterocycles. The van der Waals surface area contributed by atoms with Gasteiger partial charge in [0.05, 0.1) is 0 Å². The average molecular weight is 312 g/mol. The van der Waals surface area contributed by atoms with Gasteiger partial charge in [0, 0.05) is 68.0 Å². The summed E-state index contributed by atoms with van der Waals surface area (Å²) in [4.78, 5) is 22.8. The van der Waals surface area contributed by atoms with Gasteiger partial charge in [0.25, 0.3) is 5.91 Å². The van der Waals surface area contributed by atoms with Crippen molar-refractivity contribution < 1.29 is 4.79 Å². The van der Waals surface area contributed by atoms with Crippen molar-refractivity contribution in [1.29, 1.82) is 0 Å². The number of nitrogens with one attached hydrogen (secondary N) is 1. The number of aromatic amines is 1. The van der Waals surface area contributed by atoms with Gasteiger partial charge in [0.15, 0.2) is 0 Å². The number of benzene rings is 1. The third-order valence-corrected chi connectivity index (χ3v) is 5.32. The minimum Gasteiger partial charge on any atom is -0.361 e. The predicted molar refractivity (Wildman–Crippen MR) is 91.7 cm³/mol. The van der Waals surface area contributed by atoms with E-state index in [0.717, 1.165) is 62.3 Å². The molecule has 1 amide bonds. The first-order chi connectivity index (χ1) is 11.2. The molecule has 1 aromatic carbocycles. The van der Waals surface area contributed by atoms with Gasteiger partial charge in [-0.1, -0.05) is 6.92 Å². The smallest absolute Gasteiger partial charge is 0.253 e. The van der Waals surface area contributed by atoms with Gasteiger partial charge in [-0.25, -0.2) is 0 Å². The molecule has 0 bridgehead atoms. The monoisotopic (exact) mass is 312 g/mol. The molecule has 5 heteroatoms. The Bertz CT molecular complexity index is 696. The average Bonchev–Trinajstić information content (AvgIpc) is 3.01. The van der Waals surface area contributed by atoms with Gasteiger partial charge in [-0.05, 0) is 30.8 Å². The van der Waals surface area contributed by atoms with Crippen LogP contribution in [0.4, 0.5) is 0 Å². The zero-order valence-corrected chi connectivity index (χ0v) is 13.7. The molecule has 0 saturated carbocycles. The topological polar surface area (TPSA) is 42.6 Å². The lowest BCUT2D eigenvalue weighted by molar-refractivity contribution is 0.00841. The number of H-pyrrole nitrogens is 1. The summed E-state index contributed by atoms with van der Waals surface area (Å²) in [6.07, 6.45) is 1.91. The second kappa shape index (κ2) is 5.98. The van der Waals surface area contributed by atoms with Gasteiger partial charge < -0.3 is 14.8 Å². The Morgan fingerprint density at radius 1 is 1.17 bits per heavy atom. The maximum absolute atomic E-state index is 12.6. The van der Waals surface area contributed by atoms with E-state index in [1.165, 1.54) is 0 Å². The lowest BCUT2D eigenvalue weighted by Gasteiger charge is -2.48. The number of fused-ring (bicyclic) bond motifs is 1. The third kappa shape index (κ3) is 2.75. The number of carbonyl (C=O) groups excluding carboxylic acids is 1. The van der Waals surface area contributed by atoms with Gasteiger partial charge in [-0.15, -0.1) is 0 Å². The summed E-state index contributed by atoms with van der Waals surface area (Å²) in [6.45, 7) is 9.69. The maximum Gasteiger partial charge on any atom is 0.253 e. The Kier molecular flexibility index (Phi) is 3.83. The van der Waals surface area contributed by atoms with E-state index >= 15 is 0 Å². The molecule has 3 heterocycles. The van der Waals surface area contributed by atoms with Gasteiger partial charge in [0.1, 0.15) is 0 Å². The van der Waals surface area contributed by atoms with Crippen LogP contribution in [0.2, 0.25) is 0 Å². The first-order valence-corrected chi connectivity index (χ1v) is 8.57. The second-order valence-corrected chi connectivity index (χ2v) is 6.61. The van der Waals surface area contributed by atoms with Crippen LogP contribution in [0.25, 0.3) is 10.9 Å². The van der Waals surface area contributed by atoms with Crippen LogP contribution in [0.3, 0.4) is 0 Å². The summed E-state index contributed by atoms with van der Waals surface area (Å²) in [5.74, 6) is 0.163. The zero-order chi connectivity index (χ0) is 15.8. The lowest BCUT2D eigenvalue weighted by atomic mass is 10.0. The maximum atomic E-state index is 12.6. The van der Waals surface area contributed by atoms with Crippen molar-refractivity contribution in [2.45, 2.75) is 13.0 Å². The molecule has 1 N–H and O–H groups in total. The summed E-state index contributed by atoms with van der Waals surface area (Å²) in [5, 5.41) is 1.10. The summed E-state index contributed by atoms with van der Waals surface area (Å²) in [5.41, 5.74) is 1.88. The third-order valence-electron chi connectivity index (χ3n) is 5.32. The normalized spacial score (nSPS) is 20.8. The molecule has 1 aromatic heterocycles. The molecule has 0 atom stereocenters. The van der Waals surface area contributed by atoms with Crippen molar-refractivity contribution in [1.82, 2.24) is 19.7 Å². The second-order valence-electron chi connectivity index (χ2n) is 6.61. The Hall–Kier alpha value is -1.85. The van der Waals surface area contributed by atoms with Gasteiger partial charge in [-0.3, -0.25) is 9.69 Å². The first-order valence-electron chi connectivity index (χ1n) is 8.57. The lowest BCUT2D eigenvalue weighted by Crippen LogP contribution is -2.64. The molecule has 2 saturated heterocycles. The van der Waals surface area contributed by atoms with Crippen LogP contribution in [0.15, 0.2) is 30.5 Å². The molecule has 2 fully saturated rings. The Morgan fingerprint density at radius 3 is 2.70 bits per heavy atom. The van der Waals surface area contributed by atoms with Crippen molar-refractivity contribution in [3.05, 3.63) is 36.0 Å².